The lowest BCUT2D eigenvalue weighted by atomic mass is 10.1. The first-order valence-corrected chi connectivity index (χ1v) is 10.2. The average Bonchev–Trinajstić information content (AvgIpc) is 2.68. The van der Waals surface area contributed by atoms with Gasteiger partial charge in [-0.25, -0.2) is 13.2 Å². The van der Waals surface area contributed by atoms with Crippen LogP contribution in [0.2, 0.25) is 0 Å². The Kier molecular flexibility index (Phi) is 6.87. The highest BCUT2D eigenvalue weighted by atomic mass is 32.2. The van der Waals surface area contributed by atoms with Gasteiger partial charge in [0.15, 0.2) is 5.78 Å². The van der Waals surface area contributed by atoms with Gasteiger partial charge >= 0.3 is 5.97 Å². The van der Waals surface area contributed by atoms with Crippen molar-refractivity contribution in [2.75, 3.05) is 13.1 Å². The van der Waals surface area contributed by atoms with Crippen molar-refractivity contribution in [1.29, 1.82) is 0 Å². The monoisotopic (exact) mass is 389 g/mol. The van der Waals surface area contributed by atoms with Gasteiger partial charge < -0.3 is 4.74 Å². The zero-order chi connectivity index (χ0) is 20.0. The number of hydrogen-bond acceptors (Lipinski definition) is 5. The van der Waals surface area contributed by atoms with E-state index in [9.17, 15) is 18.0 Å². The van der Waals surface area contributed by atoms with Gasteiger partial charge in [-0.2, -0.15) is 4.31 Å². The van der Waals surface area contributed by atoms with Crippen LogP contribution in [0, 0.1) is 0 Å². The number of rotatable bonds is 8. The van der Waals surface area contributed by atoms with Crippen LogP contribution in [0.25, 0.3) is 0 Å². The third-order valence-electron chi connectivity index (χ3n) is 4.14. The second-order valence-corrected chi connectivity index (χ2v) is 7.74. The molecule has 0 N–H and O–H groups in total. The van der Waals surface area contributed by atoms with Crippen LogP contribution in [0.1, 0.15) is 47.9 Å². The Morgan fingerprint density at radius 2 is 1.37 bits per heavy atom. The van der Waals surface area contributed by atoms with Crippen molar-refractivity contribution in [2.24, 2.45) is 0 Å². The molecule has 6 nitrogen and oxygen atoms in total. The van der Waals surface area contributed by atoms with Crippen molar-refractivity contribution in [3.8, 4) is 5.75 Å². The zero-order valence-corrected chi connectivity index (χ0v) is 16.5. The van der Waals surface area contributed by atoms with Crippen LogP contribution in [0.15, 0.2) is 53.4 Å². The van der Waals surface area contributed by atoms with Crippen molar-refractivity contribution >= 4 is 21.8 Å². The van der Waals surface area contributed by atoms with Gasteiger partial charge in [-0.05, 0) is 48.5 Å². The summed E-state index contributed by atoms with van der Waals surface area (Å²) in [6.07, 6.45) is 0.405. The first kappa shape index (κ1) is 20.8. The summed E-state index contributed by atoms with van der Waals surface area (Å²) < 4.78 is 31.5. The van der Waals surface area contributed by atoms with Gasteiger partial charge in [-0.1, -0.05) is 20.8 Å². The lowest BCUT2D eigenvalue weighted by molar-refractivity contribution is 0.0734. The summed E-state index contributed by atoms with van der Waals surface area (Å²) in [5, 5.41) is 0. The van der Waals surface area contributed by atoms with Crippen molar-refractivity contribution in [3.05, 3.63) is 59.7 Å². The molecule has 0 saturated carbocycles. The van der Waals surface area contributed by atoms with Crippen LogP contribution in [0.3, 0.4) is 0 Å². The van der Waals surface area contributed by atoms with Crippen molar-refractivity contribution in [2.45, 2.75) is 32.1 Å². The summed E-state index contributed by atoms with van der Waals surface area (Å²) in [5.74, 6) is -0.276. The van der Waals surface area contributed by atoms with E-state index in [-0.39, 0.29) is 16.2 Å². The molecule has 0 aliphatic heterocycles. The number of esters is 1. The van der Waals surface area contributed by atoms with Crippen LogP contribution in [0.4, 0.5) is 0 Å². The fourth-order valence-corrected chi connectivity index (χ4v) is 4.01. The molecule has 0 spiro atoms. The second kappa shape index (κ2) is 8.92. The lowest BCUT2D eigenvalue weighted by Gasteiger charge is -2.18. The van der Waals surface area contributed by atoms with Crippen LogP contribution in [-0.2, 0) is 10.0 Å². The number of carbonyl (C=O) groups is 2. The Labute approximate surface area is 159 Å². The Morgan fingerprint density at radius 1 is 0.852 bits per heavy atom. The second-order valence-electron chi connectivity index (χ2n) is 5.80. The predicted octanol–water partition coefficient (Wildman–Crippen LogP) is 3.53. The van der Waals surface area contributed by atoms with Gasteiger partial charge in [0, 0.05) is 25.1 Å². The summed E-state index contributed by atoms with van der Waals surface area (Å²) >= 11 is 0. The van der Waals surface area contributed by atoms with Gasteiger partial charge in [-0.15, -0.1) is 0 Å². The Bertz CT molecular complexity index is 898. The van der Waals surface area contributed by atoms with Gasteiger partial charge in [0.25, 0.3) is 0 Å². The number of sulfonamides is 1. The highest BCUT2D eigenvalue weighted by molar-refractivity contribution is 7.89. The minimum atomic E-state index is -3.57. The van der Waals surface area contributed by atoms with Crippen molar-refractivity contribution < 1.29 is 22.7 Å². The molecule has 0 aliphatic rings. The molecule has 2 aromatic carbocycles. The fraction of sp³-hybridized carbons (Fsp3) is 0.300. The van der Waals surface area contributed by atoms with Gasteiger partial charge in [0.05, 0.1) is 10.5 Å². The molecule has 0 fully saturated rings. The Balaban J connectivity index is 2.13. The quantitative estimate of drug-likeness (QED) is 0.392. The Hall–Kier alpha value is -2.51. The SMILES string of the molecule is CCC(=O)c1ccc(OC(=O)c2ccc(S(=O)(=O)N(CC)CC)cc2)cc1. The topological polar surface area (TPSA) is 80.8 Å². The highest BCUT2D eigenvalue weighted by Crippen LogP contribution is 2.18. The maximum Gasteiger partial charge on any atom is 0.343 e. The van der Waals surface area contributed by atoms with E-state index in [1.54, 1.807) is 45.0 Å². The van der Waals surface area contributed by atoms with Gasteiger partial charge in [0.2, 0.25) is 10.0 Å². The molecule has 144 valence electrons. The first-order valence-electron chi connectivity index (χ1n) is 8.79. The minimum absolute atomic E-state index is 0.0119. The Morgan fingerprint density at radius 3 is 1.85 bits per heavy atom. The molecule has 0 amide bonds. The summed E-state index contributed by atoms with van der Waals surface area (Å²) in [7, 11) is -3.57. The van der Waals surface area contributed by atoms with E-state index in [1.165, 1.54) is 28.6 Å². The zero-order valence-electron chi connectivity index (χ0n) is 15.6. The summed E-state index contributed by atoms with van der Waals surface area (Å²) in [6, 6.07) is 12.0. The van der Waals surface area contributed by atoms with E-state index >= 15 is 0 Å². The number of hydrogen-bond donors (Lipinski definition) is 0. The predicted molar refractivity (Wildman–Crippen MR) is 103 cm³/mol. The summed E-state index contributed by atoms with van der Waals surface area (Å²) in [6.45, 7) is 6.07. The van der Waals surface area contributed by atoms with Crippen molar-refractivity contribution in [1.82, 2.24) is 4.31 Å². The molecule has 0 bridgehead atoms. The molecule has 2 aromatic rings. The number of benzene rings is 2. The molecule has 0 aliphatic carbocycles. The lowest BCUT2D eigenvalue weighted by Crippen LogP contribution is -2.30. The molecule has 27 heavy (non-hydrogen) atoms. The largest absolute Gasteiger partial charge is 0.423 e. The standard InChI is InChI=1S/C20H23NO5S/c1-4-19(22)15-7-11-17(12-8-15)26-20(23)16-9-13-18(14-10-16)27(24,25)21(5-2)6-3/h7-14H,4-6H2,1-3H3. The van der Waals surface area contributed by atoms with Crippen LogP contribution < -0.4 is 4.74 Å². The molecule has 0 radical (unpaired) electrons. The molecule has 7 heteroatoms. The molecule has 0 heterocycles. The van der Waals surface area contributed by atoms with E-state index in [4.69, 9.17) is 4.74 Å². The maximum atomic E-state index is 12.5. The van der Waals surface area contributed by atoms with Crippen LogP contribution in [0.5, 0.6) is 5.75 Å². The fourth-order valence-electron chi connectivity index (χ4n) is 2.55. The van der Waals surface area contributed by atoms with E-state index in [0.29, 0.717) is 30.8 Å². The third-order valence-corrected chi connectivity index (χ3v) is 6.21. The van der Waals surface area contributed by atoms with E-state index in [2.05, 4.69) is 0 Å². The molecular weight excluding hydrogens is 366 g/mol. The number of nitrogens with zero attached hydrogens (tertiary/aromatic N) is 1. The first-order chi connectivity index (χ1) is 12.8. The van der Waals surface area contributed by atoms with E-state index in [0.717, 1.165) is 0 Å². The highest BCUT2D eigenvalue weighted by Gasteiger charge is 2.22. The summed E-state index contributed by atoms with van der Waals surface area (Å²) in [5.41, 5.74) is 0.797. The summed E-state index contributed by atoms with van der Waals surface area (Å²) in [4.78, 5) is 24.0. The van der Waals surface area contributed by atoms with Crippen LogP contribution in [-0.4, -0.2) is 37.6 Å². The number of ketones is 1. The third kappa shape index (κ3) is 4.81. The maximum absolute atomic E-state index is 12.5. The van der Waals surface area contributed by atoms with Crippen molar-refractivity contribution in [3.63, 3.8) is 0 Å². The van der Waals surface area contributed by atoms with Gasteiger partial charge in [-0.3, -0.25) is 4.79 Å². The molecule has 2 rings (SSSR count). The number of Topliss-reactive ketones (excluding diaryl/α,β-unsaturated/α-hetero) is 1. The van der Waals surface area contributed by atoms with Gasteiger partial charge in [0.1, 0.15) is 5.75 Å². The number of ether oxygens (including phenoxy) is 1. The molecule has 0 saturated heterocycles. The van der Waals surface area contributed by atoms with E-state index in [1.807, 2.05) is 0 Å². The molecule has 0 atom stereocenters. The smallest absolute Gasteiger partial charge is 0.343 e. The molecular formula is C20H23NO5S. The average molecular weight is 389 g/mol. The number of carbonyl (C=O) groups excluding carboxylic acids is 2. The minimum Gasteiger partial charge on any atom is -0.423 e. The molecule has 0 unspecified atom stereocenters. The van der Waals surface area contributed by atoms with Crippen LogP contribution >= 0.6 is 0 Å². The molecule has 0 aromatic heterocycles. The van der Waals surface area contributed by atoms with E-state index < -0.39 is 16.0 Å². The normalized spacial score (nSPS) is 11.4.